The zero-order valence-corrected chi connectivity index (χ0v) is 10.8. The van der Waals surface area contributed by atoms with Gasteiger partial charge in [0.2, 0.25) is 0 Å². The molecule has 0 amide bonds. The first-order valence-corrected chi connectivity index (χ1v) is 6.00. The molecule has 98 valence electrons. The molecule has 0 aromatic carbocycles. The fourth-order valence-electron chi connectivity index (χ4n) is 1.52. The van der Waals surface area contributed by atoms with Crippen LogP contribution in [0, 0.1) is 6.92 Å². The molecule has 1 aromatic heterocycles. The molecule has 0 spiro atoms. The number of carboxylic acids is 1. The molecule has 0 atom stereocenters. The number of aryl methyl sites for hydroxylation is 1. The van der Waals surface area contributed by atoms with Crippen molar-refractivity contribution in [2.24, 2.45) is 0 Å². The summed E-state index contributed by atoms with van der Waals surface area (Å²) in [5, 5.41) is 15.3. The first kappa shape index (κ1) is 12.6. The largest absolute Gasteiger partial charge is 0.480 e. The number of hydrogen-bond donors (Lipinski definition) is 3. The van der Waals surface area contributed by atoms with Gasteiger partial charge in [-0.3, -0.25) is 0 Å². The zero-order valence-electron chi connectivity index (χ0n) is 10.8. The first-order chi connectivity index (χ1) is 8.37. The summed E-state index contributed by atoms with van der Waals surface area (Å²) in [5.74, 6) is 0.964. The Bertz CT molecular complexity index is 469. The van der Waals surface area contributed by atoms with E-state index >= 15 is 0 Å². The van der Waals surface area contributed by atoms with Crippen molar-refractivity contribution in [2.45, 2.75) is 45.2 Å². The van der Waals surface area contributed by atoms with Gasteiger partial charge in [0.05, 0.1) is 0 Å². The van der Waals surface area contributed by atoms with Crippen molar-refractivity contribution in [3.8, 4) is 0 Å². The summed E-state index contributed by atoms with van der Waals surface area (Å²) >= 11 is 0. The molecule has 0 aliphatic heterocycles. The monoisotopic (exact) mass is 250 g/mol. The van der Waals surface area contributed by atoms with Crippen molar-refractivity contribution in [3.05, 3.63) is 11.9 Å². The molecule has 1 aromatic rings. The van der Waals surface area contributed by atoms with Gasteiger partial charge in [0.15, 0.2) is 0 Å². The van der Waals surface area contributed by atoms with Crippen LogP contribution in [0.2, 0.25) is 0 Å². The normalized spacial score (nSPS) is 15.3. The van der Waals surface area contributed by atoms with Crippen LogP contribution in [-0.4, -0.2) is 32.6 Å². The van der Waals surface area contributed by atoms with Crippen LogP contribution in [0.3, 0.4) is 0 Å². The van der Waals surface area contributed by atoms with Crippen molar-refractivity contribution in [1.29, 1.82) is 0 Å². The van der Waals surface area contributed by atoms with Gasteiger partial charge in [0.25, 0.3) is 0 Å². The Labute approximate surface area is 106 Å². The Balaban J connectivity index is 2.16. The number of rotatable bonds is 5. The lowest BCUT2D eigenvalue weighted by Crippen LogP contribution is -2.40. The molecule has 6 nitrogen and oxygen atoms in total. The number of hydrogen-bond acceptors (Lipinski definition) is 5. The second-order valence-corrected chi connectivity index (χ2v) is 5.16. The summed E-state index contributed by atoms with van der Waals surface area (Å²) < 4.78 is 0. The van der Waals surface area contributed by atoms with Crippen molar-refractivity contribution in [2.75, 3.05) is 10.6 Å². The summed E-state index contributed by atoms with van der Waals surface area (Å²) in [6.45, 7) is 4.98. The predicted octanol–water partition coefficient (Wildman–Crippen LogP) is 1.63. The smallest absolute Gasteiger partial charge is 0.328 e. The van der Waals surface area contributed by atoms with Crippen LogP contribution >= 0.6 is 0 Å². The van der Waals surface area contributed by atoms with Gasteiger partial charge in [-0.05, 0) is 33.6 Å². The molecular formula is C12H18N4O2. The minimum absolute atomic E-state index is 0.500. The highest BCUT2D eigenvalue weighted by Crippen LogP contribution is 2.25. The van der Waals surface area contributed by atoms with Crippen LogP contribution in [0.5, 0.6) is 0 Å². The molecule has 1 saturated carbocycles. The number of anilines is 2. The van der Waals surface area contributed by atoms with Gasteiger partial charge < -0.3 is 15.7 Å². The molecule has 1 aliphatic rings. The summed E-state index contributed by atoms with van der Waals surface area (Å²) in [4.78, 5) is 19.5. The standard InChI is InChI=1S/C12H18N4O2/c1-7-13-9(15-8-4-5-8)6-10(14-7)16-12(2,3)11(17)18/h6,8H,4-5H2,1-3H3,(H,17,18)(H2,13,14,15,16). The Morgan fingerprint density at radius 1 is 1.39 bits per heavy atom. The summed E-state index contributed by atoms with van der Waals surface area (Å²) in [6, 6.07) is 2.25. The maximum atomic E-state index is 11.1. The molecule has 1 fully saturated rings. The summed E-state index contributed by atoms with van der Waals surface area (Å²) in [5.41, 5.74) is -1.06. The maximum Gasteiger partial charge on any atom is 0.328 e. The molecule has 18 heavy (non-hydrogen) atoms. The van der Waals surface area contributed by atoms with E-state index in [1.165, 1.54) is 0 Å². The molecule has 2 rings (SSSR count). The molecule has 1 aliphatic carbocycles. The molecule has 6 heteroatoms. The highest BCUT2D eigenvalue weighted by atomic mass is 16.4. The van der Waals surface area contributed by atoms with Gasteiger partial charge in [-0.2, -0.15) is 0 Å². The summed E-state index contributed by atoms with van der Waals surface area (Å²) in [7, 11) is 0. The molecular weight excluding hydrogens is 232 g/mol. The van der Waals surface area contributed by atoms with E-state index in [-0.39, 0.29) is 0 Å². The van der Waals surface area contributed by atoms with Crippen LogP contribution in [0.15, 0.2) is 6.07 Å². The van der Waals surface area contributed by atoms with Crippen LogP contribution in [0.1, 0.15) is 32.5 Å². The van der Waals surface area contributed by atoms with Gasteiger partial charge in [-0.25, -0.2) is 14.8 Å². The van der Waals surface area contributed by atoms with E-state index in [9.17, 15) is 4.79 Å². The minimum atomic E-state index is -1.06. The molecule has 1 heterocycles. The molecule has 0 saturated heterocycles. The number of nitrogens with zero attached hydrogens (tertiary/aromatic N) is 2. The summed E-state index contributed by atoms with van der Waals surface area (Å²) in [6.07, 6.45) is 2.32. The van der Waals surface area contributed by atoms with E-state index in [2.05, 4.69) is 20.6 Å². The number of nitrogens with one attached hydrogen (secondary N) is 2. The van der Waals surface area contributed by atoms with Gasteiger partial charge in [0.1, 0.15) is 23.0 Å². The van der Waals surface area contributed by atoms with E-state index in [1.54, 1.807) is 26.8 Å². The van der Waals surface area contributed by atoms with Crippen molar-refractivity contribution in [1.82, 2.24) is 9.97 Å². The number of aliphatic carboxylic acids is 1. The SMILES string of the molecule is Cc1nc(NC2CC2)cc(NC(C)(C)C(=O)O)n1. The second kappa shape index (κ2) is 4.44. The van der Waals surface area contributed by atoms with E-state index < -0.39 is 11.5 Å². The van der Waals surface area contributed by atoms with Crippen LogP contribution in [0.4, 0.5) is 11.6 Å². The fraction of sp³-hybridized carbons (Fsp3) is 0.583. The number of carbonyl (C=O) groups is 1. The zero-order chi connectivity index (χ0) is 13.3. The van der Waals surface area contributed by atoms with E-state index in [4.69, 9.17) is 5.11 Å². The van der Waals surface area contributed by atoms with Gasteiger partial charge in [-0.15, -0.1) is 0 Å². The Kier molecular flexibility index (Phi) is 3.11. The Hall–Kier alpha value is -1.85. The Morgan fingerprint density at radius 3 is 2.56 bits per heavy atom. The van der Waals surface area contributed by atoms with Gasteiger partial charge in [0, 0.05) is 12.1 Å². The number of carboxylic acid groups (broad SMARTS) is 1. The highest BCUT2D eigenvalue weighted by molar-refractivity contribution is 5.81. The second-order valence-electron chi connectivity index (χ2n) is 5.16. The van der Waals surface area contributed by atoms with E-state index in [0.717, 1.165) is 18.7 Å². The molecule has 0 radical (unpaired) electrons. The van der Waals surface area contributed by atoms with E-state index in [1.807, 2.05) is 0 Å². The highest BCUT2D eigenvalue weighted by Gasteiger charge is 2.28. The number of aromatic nitrogens is 2. The maximum absolute atomic E-state index is 11.1. The van der Waals surface area contributed by atoms with Crippen molar-refractivity contribution in [3.63, 3.8) is 0 Å². The third-order valence-electron chi connectivity index (χ3n) is 2.74. The van der Waals surface area contributed by atoms with Crippen LogP contribution < -0.4 is 10.6 Å². The van der Waals surface area contributed by atoms with Crippen LogP contribution in [-0.2, 0) is 4.79 Å². The van der Waals surface area contributed by atoms with Crippen LogP contribution in [0.25, 0.3) is 0 Å². The lowest BCUT2D eigenvalue weighted by atomic mass is 10.1. The van der Waals surface area contributed by atoms with Crippen molar-refractivity contribution >= 4 is 17.6 Å². The molecule has 3 N–H and O–H groups in total. The Morgan fingerprint density at radius 2 is 2.00 bits per heavy atom. The third-order valence-corrected chi connectivity index (χ3v) is 2.74. The van der Waals surface area contributed by atoms with Gasteiger partial charge in [-0.1, -0.05) is 0 Å². The van der Waals surface area contributed by atoms with Gasteiger partial charge >= 0.3 is 5.97 Å². The first-order valence-electron chi connectivity index (χ1n) is 6.00. The quantitative estimate of drug-likeness (QED) is 0.736. The van der Waals surface area contributed by atoms with E-state index in [0.29, 0.717) is 17.7 Å². The molecule has 0 unspecified atom stereocenters. The lowest BCUT2D eigenvalue weighted by Gasteiger charge is -2.22. The topological polar surface area (TPSA) is 87.1 Å². The minimum Gasteiger partial charge on any atom is -0.480 e. The fourth-order valence-corrected chi connectivity index (χ4v) is 1.52. The predicted molar refractivity (Wildman–Crippen MR) is 68.8 cm³/mol. The lowest BCUT2D eigenvalue weighted by molar-refractivity contribution is -0.141. The average Bonchev–Trinajstić information content (AvgIpc) is 2.99. The molecule has 0 bridgehead atoms. The van der Waals surface area contributed by atoms with Crippen molar-refractivity contribution < 1.29 is 9.90 Å². The average molecular weight is 250 g/mol. The third kappa shape index (κ3) is 3.09.